The molecule has 11 nitrogen and oxygen atoms in total. The van der Waals surface area contributed by atoms with E-state index in [0.29, 0.717) is 0 Å². The number of hydrogen-bond donors (Lipinski definition) is 3. The molecule has 0 amide bonds. The van der Waals surface area contributed by atoms with Gasteiger partial charge in [0.1, 0.15) is 30.2 Å². The van der Waals surface area contributed by atoms with Crippen molar-refractivity contribution in [1.82, 2.24) is 19.5 Å². The maximum Gasteiger partial charge on any atom is 0.165 e. The summed E-state index contributed by atoms with van der Waals surface area (Å²) in [4.78, 5) is 14.5. The minimum absolute atomic E-state index is 0.0491. The van der Waals surface area contributed by atoms with Gasteiger partial charge in [0.05, 0.1) is 12.9 Å². The largest absolute Gasteiger partial charge is 0.394 e. The van der Waals surface area contributed by atoms with Gasteiger partial charge in [0.15, 0.2) is 17.7 Å². The molecule has 2 aromatic heterocycles. The fourth-order valence-corrected chi connectivity index (χ4v) is 2.25. The van der Waals surface area contributed by atoms with Gasteiger partial charge < -0.3 is 20.1 Å². The first-order chi connectivity index (χ1) is 10.2. The molecule has 21 heavy (non-hydrogen) atoms. The van der Waals surface area contributed by atoms with E-state index in [1.54, 1.807) is 0 Å². The third-order valence-electron chi connectivity index (χ3n) is 3.27. The first kappa shape index (κ1) is 13.7. The van der Waals surface area contributed by atoms with Crippen molar-refractivity contribution in [2.75, 3.05) is 6.61 Å². The number of aliphatic hydroxyl groups excluding tert-OH is 3. The van der Waals surface area contributed by atoms with E-state index in [4.69, 9.17) is 15.4 Å². The Bertz CT molecular complexity index is 712. The van der Waals surface area contributed by atoms with Gasteiger partial charge in [-0.15, -0.1) is 0 Å². The summed E-state index contributed by atoms with van der Waals surface area (Å²) >= 11 is 0. The Morgan fingerprint density at radius 1 is 1.33 bits per heavy atom. The summed E-state index contributed by atoms with van der Waals surface area (Å²) in [6, 6.07) is 0. The van der Waals surface area contributed by atoms with Crippen LogP contribution in [0.5, 0.6) is 0 Å². The van der Waals surface area contributed by atoms with E-state index in [1.165, 1.54) is 17.2 Å². The Kier molecular flexibility index (Phi) is 3.41. The minimum Gasteiger partial charge on any atom is -0.394 e. The van der Waals surface area contributed by atoms with Crippen LogP contribution in [0.1, 0.15) is 6.23 Å². The molecule has 3 heterocycles. The molecule has 1 fully saturated rings. The quantitative estimate of drug-likeness (QED) is 0.385. The number of nitrogens with zero attached hydrogens (tertiary/aromatic N) is 7. The van der Waals surface area contributed by atoms with Crippen molar-refractivity contribution in [3.63, 3.8) is 0 Å². The molecule has 0 bridgehead atoms. The molecule has 2 aromatic rings. The second-order valence-corrected chi connectivity index (χ2v) is 4.44. The van der Waals surface area contributed by atoms with Crippen LogP contribution in [-0.2, 0) is 4.74 Å². The SMILES string of the molecule is [N-]=[N+]=Nc1ncnc2c1ncn2[C@@H]1O[C@H](CO)C(O)C1O. The number of imidazole rings is 1. The summed E-state index contributed by atoms with van der Waals surface area (Å²) in [5, 5.41) is 32.3. The number of azide groups is 1. The van der Waals surface area contributed by atoms with E-state index in [2.05, 4.69) is 25.0 Å². The molecule has 3 N–H and O–H groups in total. The lowest BCUT2D eigenvalue weighted by molar-refractivity contribution is -0.0511. The lowest BCUT2D eigenvalue weighted by Crippen LogP contribution is -2.33. The highest BCUT2D eigenvalue weighted by atomic mass is 16.6. The number of aliphatic hydroxyl groups is 3. The summed E-state index contributed by atoms with van der Waals surface area (Å²) < 4.78 is 6.78. The van der Waals surface area contributed by atoms with Crippen molar-refractivity contribution in [1.29, 1.82) is 0 Å². The summed E-state index contributed by atoms with van der Waals surface area (Å²) in [5.41, 5.74) is 9.00. The lowest BCUT2D eigenvalue weighted by Gasteiger charge is -2.16. The molecule has 0 saturated carbocycles. The number of rotatable bonds is 3. The highest BCUT2D eigenvalue weighted by Gasteiger charge is 2.43. The van der Waals surface area contributed by atoms with Gasteiger partial charge >= 0.3 is 0 Å². The molecule has 2 unspecified atom stereocenters. The van der Waals surface area contributed by atoms with Crippen LogP contribution in [0, 0.1) is 0 Å². The van der Waals surface area contributed by atoms with E-state index in [1.807, 2.05) is 0 Å². The summed E-state index contributed by atoms with van der Waals surface area (Å²) in [6.45, 7) is -0.430. The maximum absolute atomic E-state index is 10.0. The van der Waals surface area contributed by atoms with Gasteiger partial charge in [-0.05, 0) is 10.6 Å². The van der Waals surface area contributed by atoms with Crippen LogP contribution in [0.3, 0.4) is 0 Å². The van der Waals surface area contributed by atoms with Crippen LogP contribution in [-0.4, -0.2) is 59.8 Å². The van der Waals surface area contributed by atoms with Crippen LogP contribution in [0.15, 0.2) is 17.8 Å². The second kappa shape index (κ2) is 5.24. The summed E-state index contributed by atoms with van der Waals surface area (Å²) in [5.74, 6) is 0.0491. The normalized spacial score (nSPS) is 28.7. The van der Waals surface area contributed by atoms with Crippen molar-refractivity contribution in [3.8, 4) is 0 Å². The summed E-state index contributed by atoms with van der Waals surface area (Å²) in [6.07, 6.45) is -1.83. The van der Waals surface area contributed by atoms with Gasteiger partial charge in [-0.25, -0.2) is 15.0 Å². The molecule has 0 aliphatic carbocycles. The van der Waals surface area contributed by atoms with Gasteiger partial charge in [-0.2, -0.15) is 0 Å². The van der Waals surface area contributed by atoms with Crippen molar-refractivity contribution in [3.05, 3.63) is 23.1 Å². The topological polar surface area (TPSA) is 162 Å². The Balaban J connectivity index is 2.06. The van der Waals surface area contributed by atoms with Crippen LogP contribution >= 0.6 is 0 Å². The molecular formula is C10H11N7O4. The zero-order chi connectivity index (χ0) is 15.0. The maximum atomic E-state index is 10.0. The number of ether oxygens (including phenoxy) is 1. The predicted octanol–water partition coefficient (Wildman–Crippen LogP) is -0.620. The average molecular weight is 293 g/mol. The Labute approximate surface area is 117 Å². The highest BCUT2D eigenvalue weighted by molar-refractivity contribution is 5.80. The predicted molar refractivity (Wildman–Crippen MR) is 67.1 cm³/mol. The van der Waals surface area contributed by atoms with Gasteiger partial charge in [0.25, 0.3) is 0 Å². The van der Waals surface area contributed by atoms with Gasteiger partial charge in [-0.3, -0.25) is 4.57 Å². The molecule has 1 aliphatic heterocycles. The van der Waals surface area contributed by atoms with Gasteiger partial charge in [0.2, 0.25) is 0 Å². The fourth-order valence-electron chi connectivity index (χ4n) is 2.25. The highest BCUT2D eigenvalue weighted by Crippen LogP contribution is 2.32. The van der Waals surface area contributed by atoms with Crippen LogP contribution in [0.25, 0.3) is 21.6 Å². The molecule has 4 atom stereocenters. The fraction of sp³-hybridized carbons (Fsp3) is 0.500. The van der Waals surface area contributed by atoms with Crippen molar-refractivity contribution < 1.29 is 20.1 Å². The van der Waals surface area contributed by atoms with Crippen molar-refractivity contribution in [2.45, 2.75) is 24.5 Å². The van der Waals surface area contributed by atoms with E-state index >= 15 is 0 Å². The zero-order valence-corrected chi connectivity index (χ0v) is 10.6. The monoisotopic (exact) mass is 293 g/mol. The molecule has 1 saturated heterocycles. The molecule has 0 aromatic carbocycles. The Hall–Kier alpha value is -2.30. The van der Waals surface area contributed by atoms with Gasteiger partial charge in [0, 0.05) is 4.91 Å². The Morgan fingerprint density at radius 2 is 2.14 bits per heavy atom. The van der Waals surface area contributed by atoms with E-state index in [9.17, 15) is 10.2 Å². The first-order valence-corrected chi connectivity index (χ1v) is 6.02. The zero-order valence-electron chi connectivity index (χ0n) is 10.6. The van der Waals surface area contributed by atoms with Crippen molar-refractivity contribution in [2.24, 2.45) is 5.11 Å². The Morgan fingerprint density at radius 3 is 2.81 bits per heavy atom. The standard InChI is InChI=1S/C10H11N7O4/c11-16-15-8-5-9(13-2-12-8)17(3-14-5)10-7(20)6(19)4(1-18)21-10/h2-4,6-7,10,18-20H,1H2/t4-,6?,7?,10-/m1/s1. The van der Waals surface area contributed by atoms with E-state index in [-0.39, 0.29) is 17.0 Å². The molecule has 3 rings (SSSR count). The third kappa shape index (κ3) is 2.09. The number of hydrogen-bond acceptors (Lipinski definition) is 8. The first-order valence-electron chi connectivity index (χ1n) is 6.02. The smallest absolute Gasteiger partial charge is 0.165 e. The number of aromatic nitrogens is 4. The van der Waals surface area contributed by atoms with Gasteiger partial charge in [-0.1, -0.05) is 0 Å². The lowest BCUT2D eigenvalue weighted by atomic mass is 10.1. The minimum atomic E-state index is -1.25. The third-order valence-corrected chi connectivity index (χ3v) is 3.27. The van der Waals surface area contributed by atoms with Crippen molar-refractivity contribution >= 4 is 17.0 Å². The molecule has 11 heteroatoms. The average Bonchev–Trinajstić information content (AvgIpc) is 3.03. The van der Waals surface area contributed by atoms with Crippen LogP contribution in [0.4, 0.5) is 5.82 Å². The molecule has 110 valence electrons. The molecule has 0 spiro atoms. The van der Waals surface area contributed by atoms with Crippen LogP contribution < -0.4 is 0 Å². The second-order valence-electron chi connectivity index (χ2n) is 4.44. The number of fused-ring (bicyclic) bond motifs is 1. The molecule has 0 radical (unpaired) electrons. The van der Waals surface area contributed by atoms with E-state index in [0.717, 1.165) is 0 Å². The molecule has 1 aliphatic rings. The van der Waals surface area contributed by atoms with E-state index < -0.39 is 31.1 Å². The molecular weight excluding hydrogens is 282 g/mol. The van der Waals surface area contributed by atoms with Crippen LogP contribution in [0.2, 0.25) is 0 Å². The summed E-state index contributed by atoms with van der Waals surface area (Å²) in [7, 11) is 0.